The lowest BCUT2D eigenvalue weighted by Crippen LogP contribution is -2.26. The van der Waals surface area contributed by atoms with Crippen LogP contribution in [0.4, 0.5) is 13.2 Å². The third kappa shape index (κ3) is 6.22. The molecule has 5 nitrogen and oxygen atoms in total. The summed E-state index contributed by atoms with van der Waals surface area (Å²) in [5.74, 6) is -1.36. The molecule has 2 rings (SSSR count). The number of alkyl halides is 3. The lowest BCUT2D eigenvalue weighted by Gasteiger charge is -2.26. The zero-order valence-corrected chi connectivity index (χ0v) is 16.7. The van der Waals surface area contributed by atoms with E-state index in [1.165, 1.54) is 24.3 Å². The van der Waals surface area contributed by atoms with Gasteiger partial charge in [-0.2, -0.15) is 21.6 Å². The van der Waals surface area contributed by atoms with E-state index >= 15 is 0 Å². The first kappa shape index (κ1) is 22.7. The summed E-state index contributed by atoms with van der Waals surface area (Å²) < 4.78 is 64.9. The Balaban J connectivity index is 2.09. The van der Waals surface area contributed by atoms with Crippen molar-refractivity contribution in [2.75, 3.05) is 0 Å². The second kappa shape index (κ2) is 8.44. The highest BCUT2D eigenvalue weighted by Gasteiger charge is 2.49. The van der Waals surface area contributed by atoms with Gasteiger partial charge in [-0.05, 0) is 48.4 Å². The molecule has 0 aliphatic heterocycles. The van der Waals surface area contributed by atoms with Crippen LogP contribution in [0.5, 0.6) is 0 Å². The molecule has 1 aromatic carbocycles. The van der Waals surface area contributed by atoms with Gasteiger partial charge in [-0.15, -0.1) is 0 Å². The fraction of sp³-hybridized carbons (Fsp3) is 0.350. The Morgan fingerprint density at radius 1 is 1.24 bits per heavy atom. The van der Waals surface area contributed by atoms with Crippen molar-refractivity contribution in [2.24, 2.45) is 5.41 Å². The average molecular weight is 430 g/mol. The van der Waals surface area contributed by atoms with Crippen LogP contribution in [0.15, 0.2) is 59.9 Å². The maximum atomic E-state index is 12.6. The summed E-state index contributed by atoms with van der Waals surface area (Å²) in [6.45, 7) is 3.74. The number of hydrogen-bond donors (Lipinski definition) is 1. The number of carboxylic acids is 1. The molecule has 1 aliphatic carbocycles. The van der Waals surface area contributed by atoms with Crippen molar-refractivity contribution in [3.05, 3.63) is 71.0 Å². The van der Waals surface area contributed by atoms with E-state index in [1.807, 2.05) is 13.8 Å². The third-order valence-corrected chi connectivity index (χ3v) is 5.19. The molecule has 9 heteroatoms. The van der Waals surface area contributed by atoms with Gasteiger partial charge in [0, 0.05) is 5.57 Å². The molecule has 158 valence electrons. The van der Waals surface area contributed by atoms with Crippen LogP contribution in [0.2, 0.25) is 0 Å². The minimum atomic E-state index is -5.74. The first-order valence-corrected chi connectivity index (χ1v) is 10.1. The van der Waals surface area contributed by atoms with Crippen LogP contribution in [0.1, 0.15) is 42.6 Å². The van der Waals surface area contributed by atoms with Gasteiger partial charge < -0.3 is 9.29 Å². The Kier molecular flexibility index (Phi) is 6.62. The molecule has 0 aromatic heterocycles. The molecule has 1 aliphatic rings. The van der Waals surface area contributed by atoms with Gasteiger partial charge in [-0.3, -0.25) is 0 Å². The standard InChI is InChI=1S/C20H21F3O5S/c1-19(2)12-11-17(28-29(26,27)20(21,22)23)16(13-19)6-4-3-5-14-7-9-15(10-8-14)18(24)25/h4,6-11,13H,3,5,12H2,1-2H3,(H,24,25)/b6-4+. The highest BCUT2D eigenvalue weighted by molar-refractivity contribution is 7.87. The molecule has 0 fully saturated rings. The van der Waals surface area contributed by atoms with Gasteiger partial charge in [-0.1, -0.05) is 44.2 Å². The van der Waals surface area contributed by atoms with E-state index in [0.29, 0.717) is 19.3 Å². The molecular weight excluding hydrogens is 409 g/mol. The molecule has 0 radical (unpaired) electrons. The summed E-state index contributed by atoms with van der Waals surface area (Å²) in [5.41, 5.74) is -4.53. The lowest BCUT2D eigenvalue weighted by molar-refractivity contribution is -0.0520. The van der Waals surface area contributed by atoms with Crippen LogP contribution in [-0.4, -0.2) is 25.0 Å². The Bertz CT molecular complexity index is 953. The molecule has 0 saturated carbocycles. The number of carbonyl (C=O) groups is 1. The van der Waals surface area contributed by atoms with Gasteiger partial charge in [0.05, 0.1) is 5.56 Å². The smallest absolute Gasteiger partial charge is 0.478 e. The third-order valence-electron chi connectivity index (χ3n) is 4.23. The van der Waals surface area contributed by atoms with Crippen LogP contribution in [0.3, 0.4) is 0 Å². The summed E-state index contributed by atoms with van der Waals surface area (Å²) in [5, 5.41) is 8.88. The van der Waals surface area contributed by atoms with Crippen molar-refractivity contribution < 1.29 is 35.7 Å². The molecule has 1 N–H and O–H groups in total. The van der Waals surface area contributed by atoms with E-state index in [1.54, 1.807) is 24.3 Å². The molecule has 0 atom stereocenters. The number of aryl methyl sites for hydroxylation is 1. The number of allylic oxidation sites excluding steroid dienone is 4. The summed E-state index contributed by atoms with van der Waals surface area (Å²) in [6, 6.07) is 6.35. The van der Waals surface area contributed by atoms with Gasteiger partial charge in [-0.25, -0.2) is 4.79 Å². The first-order valence-electron chi connectivity index (χ1n) is 8.74. The monoisotopic (exact) mass is 430 g/mol. The van der Waals surface area contributed by atoms with Crippen LogP contribution in [0, 0.1) is 5.41 Å². The van der Waals surface area contributed by atoms with Gasteiger partial charge in [0.15, 0.2) is 0 Å². The average Bonchev–Trinajstić information content (AvgIpc) is 2.60. The van der Waals surface area contributed by atoms with E-state index in [0.717, 1.165) is 5.56 Å². The second-order valence-corrected chi connectivity index (χ2v) is 8.82. The maximum Gasteiger partial charge on any atom is 0.534 e. The van der Waals surface area contributed by atoms with Crippen molar-refractivity contribution in [2.45, 2.75) is 38.6 Å². The quantitative estimate of drug-likeness (QED) is 0.487. The van der Waals surface area contributed by atoms with Crippen molar-refractivity contribution in [3.8, 4) is 0 Å². The second-order valence-electron chi connectivity index (χ2n) is 7.29. The number of rotatable bonds is 7. The van der Waals surface area contributed by atoms with E-state index in [2.05, 4.69) is 4.18 Å². The predicted octanol–water partition coefficient (Wildman–Crippen LogP) is 4.98. The summed E-state index contributed by atoms with van der Waals surface area (Å²) in [6.07, 6.45) is 7.68. The van der Waals surface area contributed by atoms with Gasteiger partial charge in [0.1, 0.15) is 5.76 Å². The number of carboxylic acid groups (broad SMARTS) is 1. The van der Waals surface area contributed by atoms with E-state index in [-0.39, 0.29) is 22.3 Å². The Morgan fingerprint density at radius 3 is 2.41 bits per heavy atom. The zero-order chi connectivity index (χ0) is 21.9. The minimum Gasteiger partial charge on any atom is -0.478 e. The van der Waals surface area contributed by atoms with Crippen LogP contribution < -0.4 is 0 Å². The van der Waals surface area contributed by atoms with Gasteiger partial charge in [0.2, 0.25) is 0 Å². The molecule has 0 amide bonds. The number of benzene rings is 1. The highest BCUT2D eigenvalue weighted by atomic mass is 32.2. The molecule has 29 heavy (non-hydrogen) atoms. The van der Waals surface area contributed by atoms with E-state index < -0.39 is 21.6 Å². The normalized spacial score (nSPS) is 17.0. The van der Waals surface area contributed by atoms with Crippen LogP contribution >= 0.6 is 0 Å². The highest BCUT2D eigenvalue weighted by Crippen LogP contribution is 2.36. The molecule has 0 bridgehead atoms. The molecule has 0 spiro atoms. The minimum absolute atomic E-state index is 0.177. The molecule has 0 heterocycles. The summed E-state index contributed by atoms with van der Waals surface area (Å²) >= 11 is 0. The van der Waals surface area contributed by atoms with Crippen LogP contribution in [0.25, 0.3) is 0 Å². The lowest BCUT2D eigenvalue weighted by atomic mass is 9.82. The topological polar surface area (TPSA) is 80.7 Å². The van der Waals surface area contributed by atoms with Crippen molar-refractivity contribution in [1.82, 2.24) is 0 Å². The summed E-state index contributed by atoms with van der Waals surface area (Å²) in [7, 11) is -5.74. The maximum absolute atomic E-state index is 12.6. The Morgan fingerprint density at radius 2 is 1.86 bits per heavy atom. The van der Waals surface area contributed by atoms with Crippen LogP contribution in [-0.2, 0) is 20.7 Å². The van der Waals surface area contributed by atoms with E-state index in [9.17, 15) is 26.4 Å². The predicted molar refractivity (Wildman–Crippen MR) is 101 cm³/mol. The SMILES string of the molecule is CC1(C)C=C(/C=C/CCc2ccc(C(=O)O)cc2)C(OS(=O)(=O)C(F)(F)F)=CC1. The van der Waals surface area contributed by atoms with Crippen molar-refractivity contribution in [3.63, 3.8) is 0 Å². The number of halogens is 3. The largest absolute Gasteiger partial charge is 0.534 e. The van der Waals surface area contributed by atoms with Gasteiger partial charge in [0.25, 0.3) is 0 Å². The molecular formula is C20H21F3O5S. The number of hydrogen-bond acceptors (Lipinski definition) is 4. The Labute approximate surface area is 167 Å². The molecule has 0 saturated heterocycles. The van der Waals surface area contributed by atoms with Gasteiger partial charge >= 0.3 is 21.6 Å². The van der Waals surface area contributed by atoms with Crippen molar-refractivity contribution >= 4 is 16.1 Å². The zero-order valence-electron chi connectivity index (χ0n) is 15.9. The summed E-state index contributed by atoms with van der Waals surface area (Å²) in [4.78, 5) is 10.8. The Hall–Kier alpha value is -2.55. The number of aromatic carboxylic acids is 1. The fourth-order valence-electron chi connectivity index (χ4n) is 2.68. The van der Waals surface area contributed by atoms with E-state index in [4.69, 9.17) is 5.11 Å². The fourth-order valence-corrected chi connectivity index (χ4v) is 3.17. The molecule has 1 aromatic rings. The first-order chi connectivity index (χ1) is 13.3. The molecule has 0 unspecified atom stereocenters. The van der Waals surface area contributed by atoms with Crippen molar-refractivity contribution in [1.29, 1.82) is 0 Å².